The van der Waals surface area contributed by atoms with Gasteiger partial charge in [0.1, 0.15) is 0 Å². The van der Waals surface area contributed by atoms with Gasteiger partial charge in [0.05, 0.1) is 6.04 Å². The van der Waals surface area contributed by atoms with Gasteiger partial charge in [-0.1, -0.05) is 46.0 Å². The van der Waals surface area contributed by atoms with Crippen LogP contribution < -0.4 is 11.1 Å². The molecule has 100 valence electrons. The molecule has 0 bridgehead atoms. The highest BCUT2D eigenvalue weighted by Crippen LogP contribution is 2.29. The Bertz CT molecular complexity index is 222. The van der Waals surface area contributed by atoms with Crippen LogP contribution >= 0.6 is 0 Å². The highest BCUT2D eigenvalue weighted by atomic mass is 16.2. The Hall–Kier alpha value is -0.570. The van der Waals surface area contributed by atoms with Crippen molar-refractivity contribution in [3.63, 3.8) is 0 Å². The molecule has 0 spiro atoms. The topological polar surface area (TPSA) is 55.1 Å². The molecule has 0 saturated heterocycles. The van der Waals surface area contributed by atoms with Gasteiger partial charge in [-0.15, -0.1) is 0 Å². The van der Waals surface area contributed by atoms with E-state index in [-0.39, 0.29) is 11.9 Å². The van der Waals surface area contributed by atoms with Crippen molar-refractivity contribution in [1.29, 1.82) is 0 Å². The van der Waals surface area contributed by atoms with Crippen LogP contribution in [0, 0.1) is 11.8 Å². The van der Waals surface area contributed by atoms with Gasteiger partial charge in [-0.05, 0) is 24.7 Å². The molecule has 1 saturated carbocycles. The third kappa shape index (κ3) is 5.53. The minimum absolute atomic E-state index is 0.0241. The number of rotatable bonds is 6. The maximum atomic E-state index is 11.6. The summed E-state index contributed by atoms with van der Waals surface area (Å²) in [5.74, 6) is 1.74. The van der Waals surface area contributed by atoms with Crippen molar-refractivity contribution in [3.8, 4) is 0 Å². The summed E-state index contributed by atoms with van der Waals surface area (Å²) in [5.41, 5.74) is 5.75. The number of nitrogens with one attached hydrogen (secondary N) is 1. The van der Waals surface area contributed by atoms with Crippen LogP contribution in [0.4, 0.5) is 0 Å². The van der Waals surface area contributed by atoms with Crippen LogP contribution in [-0.4, -0.2) is 18.5 Å². The summed E-state index contributed by atoms with van der Waals surface area (Å²) in [6.07, 6.45) is 8.25. The minimum atomic E-state index is -0.314. The Morgan fingerprint density at radius 3 is 2.59 bits per heavy atom. The molecule has 0 radical (unpaired) electrons. The Morgan fingerprint density at radius 2 is 2.00 bits per heavy atom. The molecule has 1 rings (SSSR count). The van der Waals surface area contributed by atoms with Crippen molar-refractivity contribution in [2.75, 3.05) is 6.54 Å². The standard InChI is InChI=1S/C14H28N2O/c1-3-4-13(15)14(17)16-10-9-12-7-5-11(2)6-8-12/h11-13H,3-10,15H2,1-2H3,(H,16,17)/t11?,12?,13-/m0/s1. The lowest BCUT2D eigenvalue weighted by atomic mass is 9.81. The molecule has 1 aliphatic carbocycles. The highest BCUT2D eigenvalue weighted by Gasteiger charge is 2.18. The molecule has 1 aliphatic rings. The summed E-state index contributed by atoms with van der Waals surface area (Å²) in [5, 5.41) is 2.96. The van der Waals surface area contributed by atoms with E-state index in [0.29, 0.717) is 0 Å². The maximum absolute atomic E-state index is 11.6. The van der Waals surface area contributed by atoms with Crippen LogP contribution in [0.15, 0.2) is 0 Å². The third-order valence-corrected chi connectivity index (χ3v) is 3.92. The first-order valence-electron chi connectivity index (χ1n) is 7.16. The molecule has 1 fully saturated rings. The summed E-state index contributed by atoms with van der Waals surface area (Å²) >= 11 is 0. The van der Waals surface area contributed by atoms with Crippen molar-refractivity contribution < 1.29 is 4.79 Å². The summed E-state index contributed by atoms with van der Waals surface area (Å²) < 4.78 is 0. The van der Waals surface area contributed by atoms with E-state index in [1.807, 2.05) is 0 Å². The first-order chi connectivity index (χ1) is 8.13. The van der Waals surface area contributed by atoms with Crippen LogP contribution in [0.1, 0.15) is 58.8 Å². The molecular formula is C14H28N2O. The Labute approximate surface area is 106 Å². The maximum Gasteiger partial charge on any atom is 0.236 e. The van der Waals surface area contributed by atoms with Gasteiger partial charge in [0.15, 0.2) is 0 Å². The van der Waals surface area contributed by atoms with E-state index in [0.717, 1.165) is 37.6 Å². The number of hydrogen-bond acceptors (Lipinski definition) is 2. The molecule has 0 heterocycles. The van der Waals surface area contributed by atoms with E-state index in [2.05, 4.69) is 19.2 Å². The summed E-state index contributed by atoms with van der Waals surface area (Å²) in [6.45, 7) is 5.19. The van der Waals surface area contributed by atoms with Crippen LogP contribution in [0.5, 0.6) is 0 Å². The molecule has 0 aliphatic heterocycles. The Morgan fingerprint density at radius 1 is 1.35 bits per heavy atom. The lowest BCUT2D eigenvalue weighted by molar-refractivity contribution is -0.122. The van der Waals surface area contributed by atoms with Crippen LogP contribution in [-0.2, 0) is 4.79 Å². The molecule has 3 nitrogen and oxygen atoms in total. The number of hydrogen-bond donors (Lipinski definition) is 2. The quantitative estimate of drug-likeness (QED) is 0.749. The van der Waals surface area contributed by atoms with Crippen molar-refractivity contribution in [1.82, 2.24) is 5.32 Å². The second-order valence-electron chi connectivity index (χ2n) is 5.60. The van der Waals surface area contributed by atoms with Gasteiger partial charge < -0.3 is 11.1 Å². The van der Waals surface area contributed by atoms with Crippen LogP contribution in [0.3, 0.4) is 0 Å². The summed E-state index contributed by atoms with van der Waals surface area (Å²) in [4.78, 5) is 11.6. The summed E-state index contributed by atoms with van der Waals surface area (Å²) in [6, 6.07) is -0.314. The third-order valence-electron chi connectivity index (χ3n) is 3.92. The number of amides is 1. The van der Waals surface area contributed by atoms with E-state index in [4.69, 9.17) is 5.73 Å². The zero-order chi connectivity index (χ0) is 12.7. The number of nitrogens with two attached hydrogens (primary N) is 1. The molecule has 17 heavy (non-hydrogen) atoms. The van der Waals surface area contributed by atoms with Crippen molar-refractivity contribution in [2.45, 2.75) is 64.8 Å². The minimum Gasteiger partial charge on any atom is -0.355 e. The molecule has 0 unspecified atom stereocenters. The molecular weight excluding hydrogens is 212 g/mol. The predicted molar refractivity (Wildman–Crippen MR) is 71.6 cm³/mol. The normalized spacial score (nSPS) is 26.5. The number of carbonyl (C=O) groups excluding carboxylic acids is 1. The SMILES string of the molecule is CCC[C@H](N)C(=O)NCCC1CCC(C)CC1. The molecule has 0 aromatic heterocycles. The predicted octanol–water partition coefficient (Wildman–Crippen LogP) is 2.45. The molecule has 3 heteroatoms. The lowest BCUT2D eigenvalue weighted by Crippen LogP contribution is -2.41. The van der Waals surface area contributed by atoms with Crippen LogP contribution in [0.25, 0.3) is 0 Å². The molecule has 1 amide bonds. The molecule has 0 aromatic carbocycles. The smallest absolute Gasteiger partial charge is 0.236 e. The van der Waals surface area contributed by atoms with Gasteiger partial charge >= 0.3 is 0 Å². The zero-order valence-electron chi connectivity index (χ0n) is 11.4. The highest BCUT2D eigenvalue weighted by molar-refractivity contribution is 5.81. The molecule has 1 atom stereocenters. The fourth-order valence-corrected chi connectivity index (χ4v) is 2.59. The first-order valence-corrected chi connectivity index (χ1v) is 7.16. The zero-order valence-corrected chi connectivity index (χ0v) is 11.4. The Kier molecular flexibility index (Phi) is 6.56. The van der Waals surface area contributed by atoms with Crippen molar-refractivity contribution >= 4 is 5.91 Å². The summed E-state index contributed by atoms with van der Waals surface area (Å²) in [7, 11) is 0. The second-order valence-corrected chi connectivity index (χ2v) is 5.60. The van der Waals surface area contributed by atoms with Gasteiger partial charge in [-0.2, -0.15) is 0 Å². The van der Waals surface area contributed by atoms with Crippen molar-refractivity contribution in [3.05, 3.63) is 0 Å². The van der Waals surface area contributed by atoms with E-state index in [1.54, 1.807) is 0 Å². The fraction of sp³-hybridized carbons (Fsp3) is 0.929. The average molecular weight is 240 g/mol. The monoisotopic (exact) mass is 240 g/mol. The van der Waals surface area contributed by atoms with Gasteiger partial charge in [-0.3, -0.25) is 4.79 Å². The van der Waals surface area contributed by atoms with E-state index < -0.39 is 0 Å². The van der Waals surface area contributed by atoms with Gasteiger partial charge in [0.2, 0.25) is 5.91 Å². The van der Waals surface area contributed by atoms with E-state index in [9.17, 15) is 4.79 Å². The lowest BCUT2D eigenvalue weighted by Gasteiger charge is -2.26. The van der Waals surface area contributed by atoms with Gasteiger partial charge in [0.25, 0.3) is 0 Å². The van der Waals surface area contributed by atoms with Crippen molar-refractivity contribution in [2.24, 2.45) is 17.6 Å². The van der Waals surface area contributed by atoms with E-state index >= 15 is 0 Å². The first kappa shape index (κ1) is 14.5. The van der Waals surface area contributed by atoms with Gasteiger partial charge in [-0.25, -0.2) is 0 Å². The number of carbonyl (C=O) groups is 1. The fourth-order valence-electron chi connectivity index (χ4n) is 2.59. The Balaban J connectivity index is 2.09. The second kappa shape index (κ2) is 7.70. The van der Waals surface area contributed by atoms with E-state index in [1.165, 1.54) is 25.7 Å². The molecule has 3 N–H and O–H groups in total. The van der Waals surface area contributed by atoms with Gasteiger partial charge in [0, 0.05) is 6.54 Å². The van der Waals surface area contributed by atoms with Crippen LogP contribution in [0.2, 0.25) is 0 Å². The largest absolute Gasteiger partial charge is 0.355 e. The average Bonchev–Trinajstić information content (AvgIpc) is 2.32. The molecule has 0 aromatic rings.